The number of allylic oxidation sites excluding steroid dienone is 3. The van der Waals surface area contributed by atoms with Crippen molar-refractivity contribution in [2.45, 2.75) is 64.2 Å². The number of aromatic nitrogens is 2. The van der Waals surface area contributed by atoms with Crippen molar-refractivity contribution in [3.8, 4) is 0 Å². The molecule has 6 nitrogen and oxygen atoms in total. The van der Waals surface area contributed by atoms with Crippen LogP contribution in [-0.2, 0) is 25.7 Å². The molecule has 0 N–H and O–H groups in total. The van der Waals surface area contributed by atoms with Crippen LogP contribution in [0.25, 0.3) is 17.4 Å². The smallest absolute Gasteiger partial charge is 0.147 e. The molecule has 4 atom stereocenters. The Morgan fingerprint density at radius 2 is 1.75 bits per heavy atom. The van der Waals surface area contributed by atoms with Crippen molar-refractivity contribution in [3.05, 3.63) is 69.6 Å². The lowest BCUT2D eigenvalue weighted by atomic mass is 9.88. The van der Waals surface area contributed by atoms with Gasteiger partial charge in [-0.3, -0.25) is 0 Å². The van der Waals surface area contributed by atoms with Gasteiger partial charge in [-0.25, -0.2) is 18.4 Å². The van der Waals surface area contributed by atoms with Gasteiger partial charge in [-0.15, -0.1) is 0 Å². The van der Waals surface area contributed by atoms with E-state index in [1.807, 2.05) is 18.2 Å². The van der Waals surface area contributed by atoms with Crippen LogP contribution < -0.4 is 10.6 Å². The number of ether oxygens (including phenoxy) is 2. The summed E-state index contributed by atoms with van der Waals surface area (Å²) in [4.78, 5) is 10.5. The highest BCUT2D eigenvalue weighted by molar-refractivity contribution is 7.90. The normalized spacial score (nSPS) is 25.7. The van der Waals surface area contributed by atoms with Crippen LogP contribution in [0.1, 0.15) is 80.4 Å². The van der Waals surface area contributed by atoms with Crippen molar-refractivity contribution in [1.29, 1.82) is 0 Å². The molecule has 40 heavy (non-hydrogen) atoms. The molecule has 2 fully saturated rings. The topological polar surface area (TPSA) is 78.4 Å². The van der Waals surface area contributed by atoms with Crippen molar-refractivity contribution < 1.29 is 17.9 Å². The van der Waals surface area contributed by atoms with E-state index in [9.17, 15) is 8.42 Å². The number of hydrogen-bond donors (Lipinski definition) is 0. The van der Waals surface area contributed by atoms with Crippen LogP contribution in [0, 0.1) is 11.8 Å². The fourth-order valence-electron chi connectivity index (χ4n) is 5.93. The van der Waals surface area contributed by atoms with Crippen LogP contribution in [-0.4, -0.2) is 56.8 Å². The molecule has 0 bridgehead atoms. The molecule has 5 rings (SSSR count). The standard InChI is InChI=1S/C33H42N2O4S/c1-23-6-9-28(16-19-39-21-23)32-30-14-12-27(26-10-7-25(8-11-26)17-20-40(3,36)37)13-15-31(30)34-33(35-32)29-5-4-18-38-22-24(29)2/h7-8,10-14,23-24,28-29H,4-6,9,16-22H2,1-3H3/t23-,24+,28?,29?/m1/s1. The van der Waals surface area contributed by atoms with E-state index in [1.165, 1.54) is 6.26 Å². The molecule has 0 amide bonds. The third-order valence-corrected chi connectivity index (χ3v) is 9.39. The van der Waals surface area contributed by atoms with E-state index in [0.717, 1.165) is 97.3 Å². The molecule has 1 aromatic carbocycles. The first kappa shape index (κ1) is 28.9. The van der Waals surface area contributed by atoms with E-state index < -0.39 is 9.84 Å². The Hall–Kier alpha value is -2.57. The van der Waals surface area contributed by atoms with Crippen molar-refractivity contribution in [2.24, 2.45) is 11.8 Å². The van der Waals surface area contributed by atoms with Crippen LogP contribution in [0.2, 0.25) is 0 Å². The highest BCUT2D eigenvalue weighted by Crippen LogP contribution is 2.31. The van der Waals surface area contributed by atoms with Crippen LogP contribution in [0.4, 0.5) is 0 Å². The molecule has 3 heterocycles. The van der Waals surface area contributed by atoms with Crippen molar-refractivity contribution in [1.82, 2.24) is 9.97 Å². The first-order valence-electron chi connectivity index (χ1n) is 14.8. The van der Waals surface area contributed by atoms with Crippen LogP contribution in [0.5, 0.6) is 0 Å². The fourth-order valence-corrected chi connectivity index (χ4v) is 6.53. The van der Waals surface area contributed by atoms with Crippen LogP contribution >= 0.6 is 0 Å². The zero-order valence-electron chi connectivity index (χ0n) is 24.1. The average molecular weight is 563 g/mol. The lowest BCUT2D eigenvalue weighted by Crippen LogP contribution is -2.37. The first-order chi connectivity index (χ1) is 19.3. The SMILES string of the molecule is C[C@@H]1CCC(c2nc(C3CCCOC[C@@H]3C)nc3c2=CC=C(c2ccc(CCS(C)(=O)=O)cc2)C=C=3)CCOC1. The van der Waals surface area contributed by atoms with Gasteiger partial charge in [0.25, 0.3) is 0 Å². The molecule has 2 aromatic rings. The molecule has 2 saturated heterocycles. The second-order valence-electron chi connectivity index (χ2n) is 11.9. The summed E-state index contributed by atoms with van der Waals surface area (Å²) in [5.74, 6) is 2.58. The van der Waals surface area contributed by atoms with E-state index in [2.05, 4.69) is 43.9 Å². The molecule has 0 radical (unpaired) electrons. The fraction of sp³-hybridized carbons (Fsp3) is 0.545. The Kier molecular flexibility index (Phi) is 9.37. The summed E-state index contributed by atoms with van der Waals surface area (Å²) in [7, 11) is -2.99. The Balaban J connectivity index is 1.54. The molecule has 7 heteroatoms. The number of sulfone groups is 1. The maximum atomic E-state index is 11.6. The lowest BCUT2D eigenvalue weighted by Gasteiger charge is -2.25. The summed E-state index contributed by atoms with van der Waals surface area (Å²) in [6.07, 6.45) is 13.4. The summed E-state index contributed by atoms with van der Waals surface area (Å²) in [6.45, 7) is 7.65. The van der Waals surface area contributed by atoms with Gasteiger partial charge in [0.15, 0.2) is 0 Å². The van der Waals surface area contributed by atoms with E-state index in [-0.39, 0.29) is 11.7 Å². The van der Waals surface area contributed by atoms with E-state index in [4.69, 9.17) is 19.4 Å². The van der Waals surface area contributed by atoms with Gasteiger partial charge in [-0.05, 0) is 79.2 Å². The van der Waals surface area contributed by atoms with Crippen LogP contribution in [0.3, 0.4) is 0 Å². The van der Waals surface area contributed by atoms with Gasteiger partial charge in [0.05, 0.1) is 11.4 Å². The predicted octanol–water partition coefficient (Wildman–Crippen LogP) is 4.33. The van der Waals surface area contributed by atoms with E-state index in [1.54, 1.807) is 0 Å². The highest BCUT2D eigenvalue weighted by atomic mass is 32.2. The first-order valence-corrected chi connectivity index (χ1v) is 16.8. The van der Waals surface area contributed by atoms with Gasteiger partial charge in [0, 0.05) is 49.7 Å². The third kappa shape index (κ3) is 7.38. The second-order valence-corrected chi connectivity index (χ2v) is 14.2. The number of nitrogens with zero attached hydrogens (tertiary/aromatic N) is 2. The monoisotopic (exact) mass is 562 g/mol. The van der Waals surface area contributed by atoms with Crippen molar-refractivity contribution in [3.63, 3.8) is 0 Å². The Labute approximate surface area is 238 Å². The minimum absolute atomic E-state index is 0.159. The molecule has 1 aromatic heterocycles. The van der Waals surface area contributed by atoms with Gasteiger partial charge >= 0.3 is 0 Å². The number of aryl methyl sites for hydroxylation is 1. The van der Waals surface area contributed by atoms with Gasteiger partial charge in [0.2, 0.25) is 0 Å². The molecular formula is C33H42N2O4S. The molecule has 3 aliphatic rings. The maximum Gasteiger partial charge on any atom is 0.147 e. The van der Waals surface area contributed by atoms with Crippen LogP contribution in [0.15, 0.2) is 36.4 Å². The molecule has 0 spiro atoms. The van der Waals surface area contributed by atoms with Gasteiger partial charge < -0.3 is 9.47 Å². The summed E-state index contributed by atoms with van der Waals surface area (Å²) in [5, 5.41) is 1.93. The van der Waals surface area contributed by atoms with Gasteiger partial charge in [-0.2, -0.15) is 0 Å². The zero-order valence-corrected chi connectivity index (χ0v) is 24.9. The summed E-state index contributed by atoms with van der Waals surface area (Å²) >= 11 is 0. The summed E-state index contributed by atoms with van der Waals surface area (Å²) in [5.41, 5.74) is 7.80. The highest BCUT2D eigenvalue weighted by Gasteiger charge is 2.27. The quantitative estimate of drug-likeness (QED) is 0.522. The Morgan fingerprint density at radius 3 is 2.55 bits per heavy atom. The average Bonchev–Trinajstić information content (AvgIpc) is 3.27. The van der Waals surface area contributed by atoms with Gasteiger partial charge in [-0.1, -0.05) is 49.9 Å². The third-order valence-electron chi connectivity index (χ3n) is 8.45. The van der Waals surface area contributed by atoms with Crippen molar-refractivity contribution >= 4 is 27.2 Å². The second kappa shape index (κ2) is 12.9. The summed E-state index contributed by atoms with van der Waals surface area (Å²) in [6, 6.07) is 8.15. The molecule has 2 aliphatic heterocycles. The molecular weight excluding hydrogens is 520 g/mol. The zero-order chi connectivity index (χ0) is 28.1. The summed E-state index contributed by atoms with van der Waals surface area (Å²) < 4.78 is 35.0. The molecule has 1 aliphatic carbocycles. The van der Waals surface area contributed by atoms with Gasteiger partial charge in [0.1, 0.15) is 21.0 Å². The predicted molar refractivity (Wildman–Crippen MR) is 160 cm³/mol. The minimum atomic E-state index is -2.99. The number of rotatable bonds is 6. The number of fused-ring (bicyclic) bond motifs is 1. The Morgan fingerprint density at radius 1 is 0.950 bits per heavy atom. The number of hydrogen-bond acceptors (Lipinski definition) is 6. The van der Waals surface area contributed by atoms with E-state index in [0.29, 0.717) is 24.2 Å². The molecule has 2 unspecified atom stereocenters. The maximum absolute atomic E-state index is 11.6. The Bertz CT molecular complexity index is 1490. The molecule has 0 saturated carbocycles. The lowest BCUT2D eigenvalue weighted by molar-refractivity contribution is 0.0806. The minimum Gasteiger partial charge on any atom is -0.381 e. The molecule has 214 valence electrons. The number of benzene rings is 1. The largest absolute Gasteiger partial charge is 0.381 e. The van der Waals surface area contributed by atoms with E-state index >= 15 is 0 Å². The van der Waals surface area contributed by atoms with Crippen molar-refractivity contribution in [2.75, 3.05) is 38.4 Å².